The summed E-state index contributed by atoms with van der Waals surface area (Å²) in [6.07, 6.45) is 1.54. The van der Waals surface area contributed by atoms with Gasteiger partial charge in [0.25, 0.3) is 5.91 Å². The van der Waals surface area contributed by atoms with Crippen LogP contribution in [0.3, 0.4) is 0 Å². The van der Waals surface area contributed by atoms with E-state index >= 15 is 0 Å². The molecule has 0 aliphatic heterocycles. The SMILES string of the molecule is COc1ccc(Br)cc1C(=O)N/N=C\c1ccc(OCc2ccc(Cl)cc2Cl)cc1. The van der Waals surface area contributed by atoms with E-state index in [1.54, 1.807) is 36.5 Å². The van der Waals surface area contributed by atoms with Gasteiger partial charge in [-0.25, -0.2) is 5.43 Å². The van der Waals surface area contributed by atoms with Crippen LogP contribution in [0.4, 0.5) is 0 Å². The summed E-state index contributed by atoms with van der Waals surface area (Å²) >= 11 is 15.4. The van der Waals surface area contributed by atoms with E-state index < -0.39 is 0 Å². The van der Waals surface area contributed by atoms with Crippen molar-refractivity contribution < 1.29 is 14.3 Å². The molecule has 0 aliphatic carbocycles. The molecule has 1 N–H and O–H groups in total. The van der Waals surface area contributed by atoms with Crippen molar-refractivity contribution in [3.05, 3.63) is 91.9 Å². The topological polar surface area (TPSA) is 59.9 Å². The summed E-state index contributed by atoms with van der Waals surface area (Å²) in [5, 5.41) is 5.14. The normalized spacial score (nSPS) is 10.8. The van der Waals surface area contributed by atoms with Gasteiger partial charge in [-0.1, -0.05) is 45.2 Å². The van der Waals surface area contributed by atoms with Crippen LogP contribution in [0, 0.1) is 0 Å². The number of ether oxygens (including phenoxy) is 2. The van der Waals surface area contributed by atoms with Crippen LogP contribution in [0.15, 0.2) is 70.2 Å². The number of nitrogens with zero attached hydrogens (tertiary/aromatic N) is 1. The summed E-state index contributed by atoms with van der Waals surface area (Å²) in [5.41, 5.74) is 4.52. The zero-order valence-electron chi connectivity index (χ0n) is 15.9. The third-order valence-corrected chi connectivity index (χ3v) is 5.16. The number of halogens is 3. The number of rotatable bonds is 7. The Bertz CT molecular complexity index is 1070. The molecule has 154 valence electrons. The Hall–Kier alpha value is -2.54. The summed E-state index contributed by atoms with van der Waals surface area (Å²) in [7, 11) is 1.51. The van der Waals surface area contributed by atoms with E-state index in [-0.39, 0.29) is 5.91 Å². The molecule has 0 unspecified atom stereocenters. The molecule has 1 amide bonds. The zero-order chi connectivity index (χ0) is 21.5. The first-order valence-corrected chi connectivity index (χ1v) is 10.3. The van der Waals surface area contributed by atoms with Crippen molar-refractivity contribution in [1.82, 2.24) is 5.43 Å². The number of carbonyl (C=O) groups excluding carboxylic acids is 1. The van der Waals surface area contributed by atoms with Gasteiger partial charge < -0.3 is 9.47 Å². The molecule has 0 atom stereocenters. The van der Waals surface area contributed by atoms with Crippen LogP contribution in [0.5, 0.6) is 11.5 Å². The Balaban J connectivity index is 1.57. The first kappa shape index (κ1) is 22.2. The van der Waals surface area contributed by atoms with Gasteiger partial charge in [0, 0.05) is 20.1 Å². The Morgan fingerprint density at radius 1 is 1.10 bits per heavy atom. The van der Waals surface area contributed by atoms with E-state index in [1.165, 1.54) is 7.11 Å². The third kappa shape index (κ3) is 5.98. The second-order valence-electron chi connectivity index (χ2n) is 6.14. The lowest BCUT2D eigenvalue weighted by Gasteiger charge is -2.08. The molecule has 0 aliphatic rings. The lowest BCUT2D eigenvalue weighted by atomic mass is 10.2. The van der Waals surface area contributed by atoms with E-state index in [2.05, 4.69) is 26.5 Å². The molecule has 8 heteroatoms. The van der Waals surface area contributed by atoms with E-state index in [9.17, 15) is 4.79 Å². The average molecular weight is 508 g/mol. The summed E-state index contributed by atoms with van der Waals surface area (Å²) in [6, 6.07) is 17.7. The molecular formula is C22H17BrCl2N2O3. The number of amides is 1. The standard InChI is InChI=1S/C22H17BrCl2N2O3/c1-29-21-9-5-16(23)10-19(21)22(28)27-26-12-14-2-7-18(8-3-14)30-13-15-4-6-17(24)11-20(15)25/h2-12H,13H2,1H3,(H,27,28)/b26-12-. The first-order valence-electron chi connectivity index (χ1n) is 8.80. The van der Waals surface area contributed by atoms with Crippen molar-refractivity contribution in [2.45, 2.75) is 6.61 Å². The predicted molar refractivity (Wildman–Crippen MR) is 123 cm³/mol. The monoisotopic (exact) mass is 506 g/mol. The number of hydrogen-bond acceptors (Lipinski definition) is 4. The minimum Gasteiger partial charge on any atom is -0.496 e. The zero-order valence-corrected chi connectivity index (χ0v) is 19.0. The van der Waals surface area contributed by atoms with E-state index in [1.807, 2.05) is 30.3 Å². The number of nitrogens with one attached hydrogen (secondary N) is 1. The van der Waals surface area contributed by atoms with Crippen molar-refractivity contribution in [2.24, 2.45) is 5.10 Å². The Kier molecular flexibility index (Phi) is 7.74. The highest BCUT2D eigenvalue weighted by Crippen LogP contribution is 2.24. The Morgan fingerprint density at radius 3 is 2.57 bits per heavy atom. The summed E-state index contributed by atoms with van der Waals surface area (Å²) < 4.78 is 11.7. The average Bonchev–Trinajstić information content (AvgIpc) is 2.74. The van der Waals surface area contributed by atoms with Crippen LogP contribution < -0.4 is 14.9 Å². The quantitative estimate of drug-likeness (QED) is 0.310. The first-order chi connectivity index (χ1) is 14.5. The van der Waals surface area contributed by atoms with Crippen LogP contribution in [0.2, 0.25) is 10.0 Å². The molecule has 3 aromatic rings. The molecule has 3 rings (SSSR count). The Morgan fingerprint density at radius 2 is 1.87 bits per heavy atom. The smallest absolute Gasteiger partial charge is 0.275 e. The van der Waals surface area contributed by atoms with Gasteiger partial charge in [0.1, 0.15) is 18.1 Å². The number of benzene rings is 3. The van der Waals surface area contributed by atoms with Crippen molar-refractivity contribution in [3.8, 4) is 11.5 Å². The van der Waals surface area contributed by atoms with Crippen LogP contribution >= 0.6 is 39.1 Å². The molecule has 0 heterocycles. The summed E-state index contributed by atoms with van der Waals surface area (Å²) in [4.78, 5) is 12.3. The fourth-order valence-electron chi connectivity index (χ4n) is 2.53. The maximum Gasteiger partial charge on any atom is 0.275 e. The fraction of sp³-hybridized carbons (Fsp3) is 0.0909. The van der Waals surface area contributed by atoms with Crippen LogP contribution in [-0.2, 0) is 6.61 Å². The molecule has 30 heavy (non-hydrogen) atoms. The minimum atomic E-state index is -0.371. The van der Waals surface area contributed by atoms with E-state index in [4.69, 9.17) is 32.7 Å². The van der Waals surface area contributed by atoms with Crippen LogP contribution in [-0.4, -0.2) is 19.2 Å². The van der Waals surface area contributed by atoms with Gasteiger partial charge >= 0.3 is 0 Å². The molecular weight excluding hydrogens is 491 g/mol. The predicted octanol–water partition coefficient (Wildman–Crippen LogP) is 6.11. The molecule has 5 nitrogen and oxygen atoms in total. The minimum absolute atomic E-state index is 0.327. The molecule has 0 fully saturated rings. The molecule has 0 bridgehead atoms. The molecule has 0 aromatic heterocycles. The van der Waals surface area contributed by atoms with Gasteiger partial charge in [-0.3, -0.25) is 4.79 Å². The molecule has 0 saturated carbocycles. The lowest BCUT2D eigenvalue weighted by molar-refractivity contribution is 0.0952. The number of hydrogen-bond donors (Lipinski definition) is 1. The van der Waals surface area contributed by atoms with Gasteiger partial charge in [-0.2, -0.15) is 5.10 Å². The highest BCUT2D eigenvalue weighted by molar-refractivity contribution is 9.10. The Labute approximate surface area is 192 Å². The van der Waals surface area contributed by atoms with Crippen LogP contribution in [0.25, 0.3) is 0 Å². The van der Waals surface area contributed by atoms with E-state index in [0.717, 1.165) is 15.6 Å². The van der Waals surface area contributed by atoms with Crippen molar-refractivity contribution in [3.63, 3.8) is 0 Å². The fourth-order valence-corrected chi connectivity index (χ4v) is 3.36. The second-order valence-corrected chi connectivity index (χ2v) is 7.90. The van der Waals surface area contributed by atoms with Gasteiger partial charge in [0.05, 0.1) is 18.9 Å². The molecule has 0 spiro atoms. The maximum absolute atomic E-state index is 12.3. The second kappa shape index (κ2) is 10.5. The number of hydrazone groups is 1. The highest BCUT2D eigenvalue weighted by atomic mass is 79.9. The molecule has 0 radical (unpaired) electrons. The molecule has 3 aromatic carbocycles. The number of methoxy groups -OCH3 is 1. The third-order valence-electron chi connectivity index (χ3n) is 4.08. The highest BCUT2D eigenvalue weighted by Gasteiger charge is 2.12. The lowest BCUT2D eigenvalue weighted by Crippen LogP contribution is -2.18. The van der Waals surface area contributed by atoms with Gasteiger partial charge in [0.15, 0.2) is 0 Å². The summed E-state index contributed by atoms with van der Waals surface area (Å²) in [6.45, 7) is 0.327. The molecule has 0 saturated heterocycles. The van der Waals surface area contributed by atoms with Gasteiger partial charge in [-0.15, -0.1) is 0 Å². The van der Waals surface area contributed by atoms with Crippen LogP contribution in [0.1, 0.15) is 21.5 Å². The van der Waals surface area contributed by atoms with Crippen molar-refractivity contribution in [2.75, 3.05) is 7.11 Å². The number of carbonyl (C=O) groups is 1. The van der Waals surface area contributed by atoms with Crippen molar-refractivity contribution in [1.29, 1.82) is 0 Å². The largest absolute Gasteiger partial charge is 0.496 e. The summed E-state index contributed by atoms with van der Waals surface area (Å²) in [5.74, 6) is 0.776. The van der Waals surface area contributed by atoms with E-state index in [0.29, 0.717) is 33.7 Å². The van der Waals surface area contributed by atoms with Gasteiger partial charge in [0.2, 0.25) is 0 Å². The maximum atomic E-state index is 12.3. The van der Waals surface area contributed by atoms with Crippen molar-refractivity contribution >= 4 is 51.3 Å². The van der Waals surface area contributed by atoms with Gasteiger partial charge in [-0.05, 0) is 60.2 Å².